The number of hydrogen-bond donors (Lipinski definition) is 1. The molecule has 1 amide bonds. The molecule has 0 unspecified atom stereocenters. The predicted molar refractivity (Wildman–Crippen MR) is 98.8 cm³/mol. The van der Waals surface area contributed by atoms with Crippen LogP contribution in [0.2, 0.25) is 0 Å². The third-order valence-corrected chi connectivity index (χ3v) is 5.77. The molecule has 1 aliphatic rings. The molecule has 3 rings (SSSR count). The maximum atomic E-state index is 12.4. The van der Waals surface area contributed by atoms with Crippen LogP contribution < -0.4 is 5.32 Å². The molecule has 126 valence electrons. The maximum absolute atomic E-state index is 12.4. The van der Waals surface area contributed by atoms with E-state index in [1.54, 1.807) is 0 Å². The van der Waals surface area contributed by atoms with E-state index in [9.17, 15) is 9.59 Å². The van der Waals surface area contributed by atoms with Crippen molar-refractivity contribution in [1.29, 1.82) is 0 Å². The van der Waals surface area contributed by atoms with Crippen molar-refractivity contribution >= 4 is 44.1 Å². The SMILES string of the molecule is COC(=O)c1c(NC(=O)Cc2cccc(Br)c2)sc2c1CCCC2. The van der Waals surface area contributed by atoms with Gasteiger partial charge in [-0.3, -0.25) is 4.79 Å². The Balaban J connectivity index is 1.82. The zero-order chi connectivity index (χ0) is 17.1. The Hall–Kier alpha value is -1.66. The Morgan fingerprint density at radius 3 is 2.83 bits per heavy atom. The molecule has 6 heteroatoms. The van der Waals surface area contributed by atoms with E-state index < -0.39 is 0 Å². The first kappa shape index (κ1) is 17.2. The van der Waals surface area contributed by atoms with E-state index in [4.69, 9.17) is 4.74 Å². The highest BCUT2D eigenvalue weighted by Crippen LogP contribution is 2.38. The number of hydrogen-bond acceptors (Lipinski definition) is 4. The van der Waals surface area contributed by atoms with Crippen LogP contribution in [0.25, 0.3) is 0 Å². The number of nitrogens with one attached hydrogen (secondary N) is 1. The van der Waals surface area contributed by atoms with Crippen molar-refractivity contribution in [2.45, 2.75) is 32.1 Å². The fraction of sp³-hybridized carbons (Fsp3) is 0.333. The summed E-state index contributed by atoms with van der Waals surface area (Å²) < 4.78 is 5.87. The normalized spacial score (nSPS) is 13.2. The number of aryl methyl sites for hydroxylation is 1. The highest BCUT2D eigenvalue weighted by atomic mass is 79.9. The largest absolute Gasteiger partial charge is 0.465 e. The van der Waals surface area contributed by atoms with Gasteiger partial charge in [0.05, 0.1) is 19.1 Å². The zero-order valence-corrected chi connectivity index (χ0v) is 15.8. The molecule has 4 nitrogen and oxygen atoms in total. The molecule has 1 aromatic heterocycles. The number of rotatable bonds is 4. The molecule has 0 fully saturated rings. The zero-order valence-electron chi connectivity index (χ0n) is 13.4. The van der Waals surface area contributed by atoms with Gasteiger partial charge in [-0.25, -0.2) is 4.79 Å². The summed E-state index contributed by atoms with van der Waals surface area (Å²) in [5.74, 6) is -0.496. The lowest BCUT2D eigenvalue weighted by atomic mass is 9.95. The van der Waals surface area contributed by atoms with Crippen LogP contribution in [-0.2, 0) is 28.8 Å². The van der Waals surface area contributed by atoms with Crippen LogP contribution in [0.5, 0.6) is 0 Å². The van der Waals surface area contributed by atoms with Crippen molar-refractivity contribution in [3.63, 3.8) is 0 Å². The lowest BCUT2D eigenvalue weighted by molar-refractivity contribution is -0.115. The summed E-state index contributed by atoms with van der Waals surface area (Å²) in [6.45, 7) is 0. The van der Waals surface area contributed by atoms with Crippen LogP contribution in [0, 0.1) is 0 Å². The van der Waals surface area contributed by atoms with Crippen molar-refractivity contribution < 1.29 is 14.3 Å². The van der Waals surface area contributed by atoms with Gasteiger partial charge in [0.25, 0.3) is 0 Å². The molecule has 0 radical (unpaired) electrons. The molecule has 1 aromatic carbocycles. The summed E-state index contributed by atoms with van der Waals surface area (Å²) in [5.41, 5.74) is 2.51. The average molecular weight is 408 g/mol. The van der Waals surface area contributed by atoms with Crippen LogP contribution >= 0.6 is 27.3 Å². The number of thiophene rings is 1. The monoisotopic (exact) mass is 407 g/mol. The van der Waals surface area contributed by atoms with Gasteiger partial charge < -0.3 is 10.1 Å². The fourth-order valence-electron chi connectivity index (χ4n) is 2.98. The Labute approximate surface area is 153 Å². The molecule has 1 aliphatic carbocycles. The summed E-state index contributed by atoms with van der Waals surface area (Å²) in [6, 6.07) is 7.64. The van der Waals surface area contributed by atoms with Crippen molar-refractivity contribution in [3.8, 4) is 0 Å². The number of fused-ring (bicyclic) bond motifs is 1. The predicted octanol–water partition coefficient (Wildman–Crippen LogP) is 4.36. The van der Waals surface area contributed by atoms with E-state index in [-0.39, 0.29) is 18.3 Å². The summed E-state index contributed by atoms with van der Waals surface area (Å²) in [4.78, 5) is 25.8. The van der Waals surface area contributed by atoms with Crippen LogP contribution in [0.4, 0.5) is 5.00 Å². The second kappa shape index (κ2) is 7.49. The van der Waals surface area contributed by atoms with Gasteiger partial charge in [0.2, 0.25) is 5.91 Å². The molecule has 0 saturated heterocycles. The number of halogens is 1. The van der Waals surface area contributed by atoms with E-state index in [0.29, 0.717) is 10.6 Å². The molecule has 0 bridgehead atoms. The second-order valence-electron chi connectivity index (χ2n) is 5.76. The Bertz CT molecular complexity index is 785. The van der Waals surface area contributed by atoms with E-state index in [2.05, 4.69) is 21.2 Å². The molecular formula is C18H18BrNO3S. The van der Waals surface area contributed by atoms with Crippen molar-refractivity contribution in [2.24, 2.45) is 0 Å². The molecule has 0 atom stereocenters. The van der Waals surface area contributed by atoms with Crippen molar-refractivity contribution in [3.05, 3.63) is 50.3 Å². The minimum atomic E-state index is -0.368. The first-order chi connectivity index (χ1) is 11.6. The minimum absolute atomic E-state index is 0.128. The summed E-state index contributed by atoms with van der Waals surface area (Å²) in [7, 11) is 1.38. The number of methoxy groups -OCH3 is 1. The highest BCUT2D eigenvalue weighted by molar-refractivity contribution is 9.10. The first-order valence-electron chi connectivity index (χ1n) is 7.85. The molecule has 1 heterocycles. The van der Waals surface area contributed by atoms with E-state index in [1.807, 2.05) is 24.3 Å². The smallest absolute Gasteiger partial charge is 0.341 e. The number of carbonyl (C=O) groups is 2. The Kier molecular flexibility index (Phi) is 5.36. The third kappa shape index (κ3) is 3.70. The summed E-state index contributed by atoms with van der Waals surface area (Å²) in [6.07, 6.45) is 4.30. The highest BCUT2D eigenvalue weighted by Gasteiger charge is 2.26. The lowest BCUT2D eigenvalue weighted by Crippen LogP contribution is -2.16. The van der Waals surface area contributed by atoms with Gasteiger partial charge in [-0.2, -0.15) is 0 Å². The number of anilines is 1. The molecular weight excluding hydrogens is 390 g/mol. The molecule has 24 heavy (non-hydrogen) atoms. The quantitative estimate of drug-likeness (QED) is 0.765. The van der Waals surface area contributed by atoms with Gasteiger partial charge in [0.1, 0.15) is 5.00 Å². The van der Waals surface area contributed by atoms with Gasteiger partial charge in [-0.15, -0.1) is 11.3 Å². The van der Waals surface area contributed by atoms with Gasteiger partial charge >= 0.3 is 5.97 Å². The Morgan fingerprint density at radius 1 is 1.29 bits per heavy atom. The number of ether oxygens (including phenoxy) is 1. The van der Waals surface area contributed by atoms with Gasteiger partial charge in [-0.1, -0.05) is 28.1 Å². The van der Waals surface area contributed by atoms with Crippen LogP contribution in [-0.4, -0.2) is 19.0 Å². The van der Waals surface area contributed by atoms with Crippen molar-refractivity contribution in [2.75, 3.05) is 12.4 Å². The third-order valence-electron chi connectivity index (χ3n) is 4.07. The molecule has 0 spiro atoms. The second-order valence-corrected chi connectivity index (χ2v) is 7.78. The van der Waals surface area contributed by atoms with Gasteiger partial charge in [0, 0.05) is 9.35 Å². The molecule has 0 saturated carbocycles. The van der Waals surface area contributed by atoms with Crippen LogP contribution in [0.3, 0.4) is 0 Å². The van der Waals surface area contributed by atoms with Gasteiger partial charge in [-0.05, 0) is 48.9 Å². The Morgan fingerprint density at radius 2 is 2.08 bits per heavy atom. The lowest BCUT2D eigenvalue weighted by Gasteiger charge is -2.11. The van der Waals surface area contributed by atoms with E-state index in [0.717, 1.165) is 41.3 Å². The number of benzene rings is 1. The molecule has 2 aromatic rings. The number of carbonyl (C=O) groups excluding carboxylic acids is 2. The van der Waals surface area contributed by atoms with Crippen LogP contribution in [0.15, 0.2) is 28.7 Å². The number of esters is 1. The fourth-order valence-corrected chi connectivity index (χ4v) is 4.72. The summed E-state index contributed by atoms with van der Waals surface area (Å²) in [5, 5.41) is 3.53. The first-order valence-corrected chi connectivity index (χ1v) is 9.46. The topological polar surface area (TPSA) is 55.4 Å². The standard InChI is InChI=1S/C18H18BrNO3S/c1-23-18(22)16-13-7-2-3-8-14(13)24-17(16)20-15(21)10-11-5-4-6-12(19)9-11/h4-6,9H,2-3,7-8,10H2,1H3,(H,20,21). The van der Waals surface area contributed by atoms with E-state index >= 15 is 0 Å². The van der Waals surface area contributed by atoms with Gasteiger partial charge in [0.15, 0.2) is 0 Å². The molecule has 0 aliphatic heterocycles. The summed E-state index contributed by atoms with van der Waals surface area (Å²) >= 11 is 4.91. The maximum Gasteiger partial charge on any atom is 0.341 e. The number of amides is 1. The average Bonchev–Trinajstić information content (AvgIpc) is 2.91. The molecule has 1 N–H and O–H groups in total. The van der Waals surface area contributed by atoms with E-state index in [1.165, 1.54) is 23.3 Å². The van der Waals surface area contributed by atoms with Crippen LogP contribution in [0.1, 0.15) is 39.2 Å². The minimum Gasteiger partial charge on any atom is -0.465 e. The van der Waals surface area contributed by atoms with Crippen molar-refractivity contribution in [1.82, 2.24) is 0 Å².